The Morgan fingerprint density at radius 1 is 1.19 bits per heavy atom. The number of allylic oxidation sites excluding steroid dienone is 2. The van der Waals surface area contributed by atoms with Gasteiger partial charge >= 0.3 is 31.1 Å². The molecule has 0 spiro atoms. The molecule has 0 aliphatic carbocycles. The fourth-order valence-electron chi connectivity index (χ4n) is 1.38. The van der Waals surface area contributed by atoms with E-state index in [4.69, 9.17) is 9.47 Å². The summed E-state index contributed by atoms with van der Waals surface area (Å²) in [6.07, 6.45) is 2.54. The number of benzene rings is 1. The van der Waals surface area contributed by atoms with Crippen LogP contribution in [0.15, 0.2) is 24.3 Å². The third-order valence-corrected chi connectivity index (χ3v) is 2.56. The zero-order chi connectivity index (χ0) is 14.4. The molecule has 0 aliphatic heterocycles. The second-order valence-electron chi connectivity index (χ2n) is 4.24. The van der Waals surface area contributed by atoms with E-state index in [-0.39, 0.29) is 56.0 Å². The molecule has 0 saturated carbocycles. The zero-order valence-corrected chi connectivity index (χ0v) is 17.2. The molecule has 0 amide bonds. The van der Waals surface area contributed by atoms with E-state index in [1.165, 1.54) is 38.5 Å². The van der Waals surface area contributed by atoms with Gasteiger partial charge in [0.1, 0.15) is 0 Å². The van der Waals surface area contributed by atoms with Crippen LogP contribution in [-0.4, -0.2) is 25.8 Å². The Morgan fingerprint density at radius 3 is 2.29 bits per heavy atom. The number of ketones is 2. The van der Waals surface area contributed by atoms with Crippen LogP contribution in [-0.2, 0) is 4.79 Å². The molecular weight excluding hydrogens is 494 g/mol. The van der Waals surface area contributed by atoms with Crippen molar-refractivity contribution in [3.8, 4) is 11.5 Å². The summed E-state index contributed by atoms with van der Waals surface area (Å²) in [5, 5.41) is 0. The Labute approximate surface area is 150 Å². The van der Waals surface area contributed by atoms with E-state index in [1.807, 2.05) is 0 Å². The molecule has 0 bridgehead atoms. The molecule has 0 heterocycles. The van der Waals surface area contributed by atoms with Gasteiger partial charge in [-0.05, 0) is 17.7 Å². The molecule has 0 N–H and O–H groups in total. The van der Waals surface area contributed by atoms with Crippen molar-refractivity contribution in [3.05, 3.63) is 43.3 Å². The van der Waals surface area contributed by atoms with Gasteiger partial charge in [0.15, 0.2) is 11.6 Å². The molecular formula is C16H20O4U. The summed E-state index contributed by atoms with van der Waals surface area (Å²) in [7, 11) is 2.96. The summed E-state index contributed by atoms with van der Waals surface area (Å²) in [5.74, 6) is 0.296. The topological polar surface area (TPSA) is 52.6 Å². The van der Waals surface area contributed by atoms with Crippen molar-refractivity contribution in [2.75, 3.05) is 14.2 Å². The molecule has 0 unspecified atom stereocenters. The minimum absolute atomic E-state index is 0. The van der Waals surface area contributed by atoms with E-state index < -0.39 is 0 Å². The molecule has 0 aliphatic rings. The van der Waals surface area contributed by atoms with E-state index in [9.17, 15) is 9.59 Å². The second kappa shape index (κ2) is 10.6. The van der Waals surface area contributed by atoms with Gasteiger partial charge in [0.25, 0.3) is 0 Å². The van der Waals surface area contributed by atoms with E-state index >= 15 is 0 Å². The first-order valence-electron chi connectivity index (χ1n) is 5.89. The van der Waals surface area contributed by atoms with Crippen molar-refractivity contribution >= 4 is 11.6 Å². The van der Waals surface area contributed by atoms with Gasteiger partial charge < -0.3 is 16.9 Å². The summed E-state index contributed by atoms with van der Waals surface area (Å²) in [6.45, 7) is 3.55. The smallest absolute Gasteiger partial charge is 0.553 e. The largest absolute Gasteiger partial charge is 2.00 e. The van der Waals surface area contributed by atoms with Crippen molar-refractivity contribution in [3.63, 3.8) is 0 Å². The van der Waals surface area contributed by atoms with Crippen LogP contribution in [0.4, 0.5) is 0 Å². The van der Waals surface area contributed by atoms with Crippen LogP contribution in [0.25, 0.3) is 0 Å². The van der Waals surface area contributed by atoms with Crippen molar-refractivity contribution < 1.29 is 50.2 Å². The number of hydrogen-bond donors (Lipinski definition) is 0. The molecule has 5 heteroatoms. The van der Waals surface area contributed by atoms with E-state index in [2.05, 4.69) is 6.07 Å². The quantitative estimate of drug-likeness (QED) is 0.333. The van der Waals surface area contributed by atoms with Crippen molar-refractivity contribution in [2.45, 2.75) is 13.8 Å². The zero-order valence-electron chi connectivity index (χ0n) is 13.0. The van der Waals surface area contributed by atoms with Crippen LogP contribution in [0.2, 0.25) is 0 Å². The molecule has 0 atom stereocenters. The van der Waals surface area contributed by atoms with Crippen LogP contribution in [0.5, 0.6) is 11.5 Å². The first-order valence-corrected chi connectivity index (χ1v) is 5.89. The maximum absolute atomic E-state index is 12.0. The van der Waals surface area contributed by atoms with Gasteiger partial charge in [0.2, 0.25) is 0 Å². The maximum Gasteiger partial charge on any atom is 2.00 e. The van der Waals surface area contributed by atoms with Gasteiger partial charge in [-0.3, -0.25) is 9.59 Å². The number of ether oxygens (including phenoxy) is 2. The van der Waals surface area contributed by atoms with Crippen molar-refractivity contribution in [2.24, 2.45) is 5.92 Å². The number of methoxy groups -OCH3 is 2. The van der Waals surface area contributed by atoms with Gasteiger partial charge in [-0.2, -0.15) is 0 Å². The molecule has 0 fully saturated rings. The summed E-state index contributed by atoms with van der Waals surface area (Å²) in [6, 6.07) is 5.89. The summed E-state index contributed by atoms with van der Waals surface area (Å²) in [4.78, 5) is 23.5. The monoisotopic (exact) mass is 514 g/mol. The predicted octanol–water partition coefficient (Wildman–Crippen LogP) is 2.92. The van der Waals surface area contributed by atoms with Gasteiger partial charge in [-0.15, -0.1) is 18.2 Å². The molecule has 1 rings (SSSR count). The number of rotatable bonds is 6. The SMILES string of the molecule is COc1[c-]cc(OC)c(C(=O)/C=C/C(=O)C(C)C)c1.[CH3-].[U+2]. The minimum Gasteiger partial charge on any atom is -0.553 e. The first kappa shape index (κ1) is 22.2. The van der Waals surface area contributed by atoms with Gasteiger partial charge in [-0.1, -0.05) is 13.8 Å². The Hall–Kier alpha value is -1.05. The second-order valence-corrected chi connectivity index (χ2v) is 4.24. The summed E-state index contributed by atoms with van der Waals surface area (Å²) < 4.78 is 10.1. The maximum atomic E-state index is 12.0. The predicted molar refractivity (Wildman–Crippen MR) is 78.1 cm³/mol. The Morgan fingerprint density at radius 2 is 1.81 bits per heavy atom. The van der Waals surface area contributed by atoms with E-state index in [1.54, 1.807) is 13.8 Å². The Balaban J connectivity index is 0. The average Bonchev–Trinajstić information content (AvgIpc) is 2.43. The Kier molecular flexibility index (Phi) is 11.3. The van der Waals surface area contributed by atoms with Crippen LogP contribution in [0.1, 0.15) is 24.2 Å². The molecule has 1 aromatic carbocycles. The third kappa shape index (κ3) is 6.50. The summed E-state index contributed by atoms with van der Waals surface area (Å²) >= 11 is 0. The van der Waals surface area contributed by atoms with Gasteiger partial charge in [-0.25, -0.2) is 0 Å². The Bertz CT molecular complexity index is 507. The fraction of sp³-hybridized carbons (Fsp3) is 0.312. The minimum atomic E-state index is -0.307. The van der Waals surface area contributed by atoms with Crippen LogP contribution < -0.4 is 9.47 Å². The fourth-order valence-corrected chi connectivity index (χ4v) is 1.38. The number of hydrogen-bond acceptors (Lipinski definition) is 4. The van der Waals surface area contributed by atoms with Crippen molar-refractivity contribution in [1.82, 2.24) is 0 Å². The number of carbonyl (C=O) groups is 2. The van der Waals surface area contributed by atoms with Gasteiger partial charge in [0.05, 0.1) is 14.2 Å². The molecule has 0 aromatic heterocycles. The van der Waals surface area contributed by atoms with Gasteiger partial charge in [0, 0.05) is 17.4 Å². The summed E-state index contributed by atoms with van der Waals surface area (Å²) in [5.41, 5.74) is 0.339. The van der Waals surface area contributed by atoms with Crippen LogP contribution >= 0.6 is 0 Å². The average molecular weight is 514 g/mol. The molecule has 0 radical (unpaired) electrons. The molecule has 21 heavy (non-hydrogen) atoms. The molecule has 0 saturated heterocycles. The number of carbonyl (C=O) groups excluding carboxylic acids is 2. The van der Waals surface area contributed by atoms with Crippen LogP contribution in [0.3, 0.4) is 0 Å². The molecule has 1 aromatic rings. The standard InChI is InChI=1S/C15H17O4.CH3.U/c1-10(2)13(16)6-7-14(17)12-9-11(18-3)5-8-15(12)19-4;;/h6-10H,1-4H3;1H3;/q2*-1;+2/b7-6+;;. The van der Waals surface area contributed by atoms with Crippen LogP contribution in [0, 0.1) is 50.5 Å². The first-order chi connectivity index (χ1) is 8.99. The van der Waals surface area contributed by atoms with Crippen molar-refractivity contribution in [1.29, 1.82) is 0 Å². The van der Waals surface area contributed by atoms with E-state index in [0.717, 1.165) is 0 Å². The molecule has 4 nitrogen and oxygen atoms in total. The molecule has 112 valence electrons. The third-order valence-electron chi connectivity index (χ3n) is 2.56. The van der Waals surface area contributed by atoms with E-state index in [0.29, 0.717) is 17.1 Å². The normalized spacial score (nSPS) is 9.76.